The lowest BCUT2D eigenvalue weighted by Crippen LogP contribution is -2.42. The topological polar surface area (TPSA) is 40.5 Å². The number of hydrogen-bond acceptors (Lipinski definition) is 2. The molecule has 2 unspecified atom stereocenters. The van der Waals surface area contributed by atoms with Crippen molar-refractivity contribution in [2.75, 3.05) is 13.1 Å². The molecule has 1 heterocycles. The maximum absolute atomic E-state index is 11.8. The number of unbranched alkanes of at least 4 members (excludes halogenated alkanes) is 1. The van der Waals surface area contributed by atoms with E-state index < -0.39 is 0 Å². The highest BCUT2D eigenvalue weighted by Crippen LogP contribution is 2.20. The standard InChI is InChI=1S/C12H23NO2/c1-3-4-7-12(15)13-8-5-6-11(9-13)10(2)14/h10-11,14H,3-9H2,1-2H3. The molecule has 1 amide bonds. The van der Waals surface area contributed by atoms with Crippen LogP contribution in [-0.2, 0) is 4.79 Å². The minimum absolute atomic E-state index is 0.266. The highest BCUT2D eigenvalue weighted by Gasteiger charge is 2.25. The number of nitrogens with zero attached hydrogens (tertiary/aromatic N) is 1. The summed E-state index contributed by atoms with van der Waals surface area (Å²) < 4.78 is 0. The number of carbonyl (C=O) groups excluding carboxylic acids is 1. The molecule has 1 aliphatic heterocycles. The van der Waals surface area contributed by atoms with Gasteiger partial charge in [-0.05, 0) is 26.2 Å². The first kappa shape index (κ1) is 12.5. The molecular weight excluding hydrogens is 190 g/mol. The quantitative estimate of drug-likeness (QED) is 0.773. The van der Waals surface area contributed by atoms with Crippen LogP contribution in [0.3, 0.4) is 0 Å². The van der Waals surface area contributed by atoms with E-state index in [9.17, 15) is 9.90 Å². The van der Waals surface area contributed by atoms with Gasteiger partial charge in [0.15, 0.2) is 0 Å². The van der Waals surface area contributed by atoms with E-state index in [-0.39, 0.29) is 17.9 Å². The van der Waals surface area contributed by atoms with Crippen molar-refractivity contribution in [3.63, 3.8) is 0 Å². The Labute approximate surface area is 92.5 Å². The number of aliphatic hydroxyl groups excluding tert-OH is 1. The molecule has 3 nitrogen and oxygen atoms in total. The van der Waals surface area contributed by atoms with E-state index in [0.29, 0.717) is 6.42 Å². The fourth-order valence-electron chi connectivity index (χ4n) is 2.12. The summed E-state index contributed by atoms with van der Waals surface area (Å²) >= 11 is 0. The van der Waals surface area contributed by atoms with Crippen molar-refractivity contribution >= 4 is 5.91 Å². The van der Waals surface area contributed by atoms with Crippen molar-refractivity contribution in [1.82, 2.24) is 4.90 Å². The molecule has 0 saturated carbocycles. The van der Waals surface area contributed by atoms with E-state index >= 15 is 0 Å². The molecule has 0 aromatic heterocycles. The average Bonchev–Trinajstić information content (AvgIpc) is 2.26. The van der Waals surface area contributed by atoms with Crippen molar-refractivity contribution in [3.05, 3.63) is 0 Å². The maximum Gasteiger partial charge on any atom is 0.222 e. The summed E-state index contributed by atoms with van der Waals surface area (Å²) in [5, 5.41) is 9.51. The minimum atomic E-state index is -0.285. The van der Waals surface area contributed by atoms with Crippen LogP contribution < -0.4 is 0 Å². The van der Waals surface area contributed by atoms with Crippen LogP contribution in [0.4, 0.5) is 0 Å². The van der Waals surface area contributed by atoms with Gasteiger partial charge in [-0.1, -0.05) is 13.3 Å². The van der Waals surface area contributed by atoms with Gasteiger partial charge in [0.05, 0.1) is 6.10 Å². The van der Waals surface area contributed by atoms with Crippen LogP contribution >= 0.6 is 0 Å². The van der Waals surface area contributed by atoms with Gasteiger partial charge in [0.1, 0.15) is 0 Å². The van der Waals surface area contributed by atoms with Crippen molar-refractivity contribution in [2.45, 2.75) is 52.1 Å². The van der Waals surface area contributed by atoms with Crippen molar-refractivity contribution < 1.29 is 9.90 Å². The molecule has 0 aromatic rings. The highest BCUT2D eigenvalue weighted by molar-refractivity contribution is 5.76. The summed E-state index contributed by atoms with van der Waals surface area (Å²) in [4.78, 5) is 13.7. The van der Waals surface area contributed by atoms with Gasteiger partial charge >= 0.3 is 0 Å². The molecule has 0 aliphatic carbocycles. The third-order valence-corrected chi connectivity index (χ3v) is 3.24. The molecule has 0 bridgehead atoms. The van der Waals surface area contributed by atoms with Crippen LogP contribution in [0.15, 0.2) is 0 Å². The second-order valence-electron chi connectivity index (χ2n) is 4.59. The van der Waals surface area contributed by atoms with E-state index in [1.807, 2.05) is 11.8 Å². The molecular formula is C12H23NO2. The predicted octanol–water partition coefficient (Wildman–Crippen LogP) is 1.80. The zero-order valence-corrected chi connectivity index (χ0v) is 9.91. The normalized spacial score (nSPS) is 23.9. The average molecular weight is 213 g/mol. The third-order valence-electron chi connectivity index (χ3n) is 3.24. The van der Waals surface area contributed by atoms with Gasteiger partial charge in [-0.25, -0.2) is 0 Å². The van der Waals surface area contributed by atoms with E-state index in [2.05, 4.69) is 6.92 Å². The smallest absolute Gasteiger partial charge is 0.222 e. The zero-order chi connectivity index (χ0) is 11.3. The number of likely N-dealkylation sites (tertiary alicyclic amines) is 1. The van der Waals surface area contributed by atoms with Gasteiger partial charge < -0.3 is 10.0 Å². The number of piperidine rings is 1. The maximum atomic E-state index is 11.8. The van der Waals surface area contributed by atoms with Crippen LogP contribution in [0, 0.1) is 5.92 Å². The fraction of sp³-hybridized carbons (Fsp3) is 0.917. The first-order valence-electron chi connectivity index (χ1n) is 6.11. The molecule has 1 saturated heterocycles. The Hall–Kier alpha value is -0.570. The lowest BCUT2D eigenvalue weighted by Gasteiger charge is -2.34. The van der Waals surface area contributed by atoms with Crippen LogP contribution in [0.2, 0.25) is 0 Å². The molecule has 1 aliphatic rings. The molecule has 1 fully saturated rings. The van der Waals surface area contributed by atoms with Gasteiger partial charge in [-0.2, -0.15) is 0 Å². The Bertz CT molecular complexity index is 204. The number of amides is 1. The largest absolute Gasteiger partial charge is 0.393 e. The Morgan fingerprint density at radius 1 is 1.60 bits per heavy atom. The molecule has 15 heavy (non-hydrogen) atoms. The lowest BCUT2D eigenvalue weighted by molar-refractivity contribution is -0.133. The minimum Gasteiger partial charge on any atom is -0.393 e. The molecule has 3 heteroatoms. The van der Waals surface area contributed by atoms with Gasteiger partial charge in [0.25, 0.3) is 0 Å². The van der Waals surface area contributed by atoms with E-state index in [1.54, 1.807) is 0 Å². The van der Waals surface area contributed by atoms with Gasteiger partial charge in [0.2, 0.25) is 5.91 Å². The molecule has 88 valence electrons. The monoisotopic (exact) mass is 213 g/mol. The highest BCUT2D eigenvalue weighted by atomic mass is 16.3. The number of hydrogen-bond donors (Lipinski definition) is 1. The second-order valence-corrected chi connectivity index (χ2v) is 4.59. The fourth-order valence-corrected chi connectivity index (χ4v) is 2.12. The Morgan fingerprint density at radius 3 is 2.93 bits per heavy atom. The Balaban J connectivity index is 2.38. The van der Waals surface area contributed by atoms with Crippen LogP contribution in [0.5, 0.6) is 0 Å². The lowest BCUT2D eigenvalue weighted by atomic mass is 9.93. The Kier molecular flexibility index (Phi) is 5.09. The van der Waals surface area contributed by atoms with Crippen LogP contribution in [0.25, 0.3) is 0 Å². The molecule has 0 aromatic carbocycles. The molecule has 2 atom stereocenters. The van der Waals surface area contributed by atoms with Crippen LogP contribution in [0.1, 0.15) is 46.0 Å². The summed E-state index contributed by atoms with van der Waals surface area (Å²) in [6.07, 6.45) is 4.52. The summed E-state index contributed by atoms with van der Waals surface area (Å²) in [5.74, 6) is 0.548. The van der Waals surface area contributed by atoms with Gasteiger partial charge in [-0.3, -0.25) is 4.79 Å². The van der Waals surface area contributed by atoms with Crippen molar-refractivity contribution in [1.29, 1.82) is 0 Å². The molecule has 1 N–H and O–H groups in total. The first-order chi connectivity index (χ1) is 7.15. The van der Waals surface area contributed by atoms with Crippen molar-refractivity contribution in [2.24, 2.45) is 5.92 Å². The predicted molar refractivity (Wildman–Crippen MR) is 60.5 cm³/mol. The first-order valence-corrected chi connectivity index (χ1v) is 6.11. The van der Waals surface area contributed by atoms with E-state index in [1.165, 1.54) is 0 Å². The van der Waals surface area contributed by atoms with Gasteiger partial charge in [-0.15, -0.1) is 0 Å². The molecule has 0 radical (unpaired) electrons. The second kappa shape index (κ2) is 6.11. The van der Waals surface area contributed by atoms with Gasteiger partial charge in [0, 0.05) is 25.4 Å². The number of carbonyl (C=O) groups is 1. The van der Waals surface area contributed by atoms with Crippen molar-refractivity contribution in [3.8, 4) is 0 Å². The van der Waals surface area contributed by atoms with E-state index in [4.69, 9.17) is 0 Å². The summed E-state index contributed by atoms with van der Waals surface area (Å²) in [6, 6.07) is 0. The summed E-state index contributed by atoms with van der Waals surface area (Å²) in [7, 11) is 0. The number of rotatable bonds is 4. The molecule has 0 spiro atoms. The Morgan fingerprint density at radius 2 is 2.33 bits per heavy atom. The SMILES string of the molecule is CCCCC(=O)N1CCCC(C(C)O)C1. The third kappa shape index (κ3) is 3.82. The summed E-state index contributed by atoms with van der Waals surface area (Å²) in [5.41, 5.74) is 0. The van der Waals surface area contributed by atoms with Crippen LogP contribution in [-0.4, -0.2) is 35.1 Å². The molecule has 1 rings (SSSR count). The van der Waals surface area contributed by atoms with E-state index in [0.717, 1.165) is 38.8 Å². The summed E-state index contributed by atoms with van der Waals surface area (Å²) in [6.45, 7) is 5.55. The zero-order valence-electron chi connectivity index (χ0n) is 9.91. The number of aliphatic hydroxyl groups is 1.